The first-order valence-corrected chi connectivity index (χ1v) is 15.0. The van der Waals surface area contributed by atoms with Crippen LogP contribution in [-0.2, 0) is 16.8 Å². The number of aromatic nitrogens is 4. The third kappa shape index (κ3) is 5.42. The van der Waals surface area contributed by atoms with E-state index in [-0.39, 0.29) is 46.6 Å². The number of carbonyl (C=O) groups excluding carboxylic acids is 1. The molecule has 4 atom stereocenters. The van der Waals surface area contributed by atoms with Crippen LogP contribution in [0.15, 0.2) is 48.9 Å². The predicted octanol–water partition coefficient (Wildman–Crippen LogP) is 5.11. The Morgan fingerprint density at radius 1 is 1.14 bits per heavy atom. The molecule has 1 amide bonds. The molecule has 0 spiro atoms. The molecule has 2 aliphatic rings. The van der Waals surface area contributed by atoms with Gasteiger partial charge in [0.15, 0.2) is 0 Å². The van der Waals surface area contributed by atoms with Crippen LogP contribution in [0.1, 0.15) is 80.8 Å². The fourth-order valence-electron chi connectivity index (χ4n) is 7.38. The molecule has 0 radical (unpaired) electrons. The van der Waals surface area contributed by atoms with Gasteiger partial charge in [-0.15, -0.1) is 0 Å². The van der Waals surface area contributed by atoms with Crippen molar-refractivity contribution in [3.8, 4) is 11.3 Å². The second-order valence-corrected chi connectivity index (χ2v) is 12.5. The number of nitrogens with two attached hydrogens (primary N) is 1. The summed E-state index contributed by atoms with van der Waals surface area (Å²) >= 11 is 0. The Balaban J connectivity index is 1.30. The number of hydrogen-bond acceptors (Lipinski definition) is 6. The lowest BCUT2D eigenvalue weighted by Gasteiger charge is -2.43. The molecule has 0 unspecified atom stereocenters. The highest BCUT2D eigenvalue weighted by Crippen LogP contribution is 2.41. The van der Waals surface area contributed by atoms with Gasteiger partial charge in [0.25, 0.3) is 0 Å². The first-order valence-electron chi connectivity index (χ1n) is 15.0. The minimum absolute atomic E-state index is 0.00948. The number of pyridine rings is 1. The highest BCUT2D eigenvalue weighted by atomic mass is 19.1. The zero-order valence-corrected chi connectivity index (χ0v) is 24.8. The highest BCUT2D eigenvalue weighted by Gasteiger charge is 2.38. The van der Waals surface area contributed by atoms with Crippen molar-refractivity contribution in [3.63, 3.8) is 0 Å². The normalized spacial score (nSPS) is 23.5. The van der Waals surface area contributed by atoms with E-state index < -0.39 is 17.2 Å². The molecule has 4 aromatic rings. The SMILES string of the molecule is CC(=O)N(C)[C@@H]1[C@H](N)C[C@H](c2ccncc2Cc2ncc3ccc(-c4c(F)cc(C5(O)CCCC5)cc4F)nn23)C[C@@H]1C. The molecule has 8 nitrogen and oxygen atoms in total. The van der Waals surface area contributed by atoms with Crippen LogP contribution in [-0.4, -0.2) is 54.6 Å². The molecule has 1 aromatic carbocycles. The predicted molar refractivity (Wildman–Crippen MR) is 159 cm³/mol. The summed E-state index contributed by atoms with van der Waals surface area (Å²) in [4.78, 5) is 22.8. The van der Waals surface area contributed by atoms with Gasteiger partial charge in [0.2, 0.25) is 5.91 Å². The van der Waals surface area contributed by atoms with Crippen molar-refractivity contribution in [2.75, 3.05) is 7.05 Å². The molecule has 43 heavy (non-hydrogen) atoms. The van der Waals surface area contributed by atoms with Crippen molar-refractivity contribution in [2.45, 2.75) is 82.4 Å². The summed E-state index contributed by atoms with van der Waals surface area (Å²) in [7, 11) is 1.82. The van der Waals surface area contributed by atoms with Gasteiger partial charge < -0.3 is 15.7 Å². The number of rotatable bonds is 6. The summed E-state index contributed by atoms with van der Waals surface area (Å²) in [5.41, 5.74) is 8.44. The summed E-state index contributed by atoms with van der Waals surface area (Å²) in [6.07, 6.45) is 9.96. The lowest BCUT2D eigenvalue weighted by atomic mass is 9.72. The number of benzene rings is 1. The first kappa shape index (κ1) is 29.3. The molecule has 0 saturated heterocycles. The minimum Gasteiger partial charge on any atom is -0.385 e. The van der Waals surface area contributed by atoms with Crippen LogP contribution < -0.4 is 5.73 Å². The van der Waals surface area contributed by atoms with Crippen LogP contribution in [0.5, 0.6) is 0 Å². The molecule has 2 fully saturated rings. The van der Waals surface area contributed by atoms with Gasteiger partial charge in [-0.1, -0.05) is 19.8 Å². The van der Waals surface area contributed by atoms with Crippen molar-refractivity contribution in [1.29, 1.82) is 0 Å². The van der Waals surface area contributed by atoms with Crippen LogP contribution >= 0.6 is 0 Å². The van der Waals surface area contributed by atoms with Crippen LogP contribution in [0.2, 0.25) is 0 Å². The van der Waals surface area contributed by atoms with Gasteiger partial charge in [-0.25, -0.2) is 18.3 Å². The second kappa shape index (κ2) is 11.4. The lowest BCUT2D eigenvalue weighted by Crippen LogP contribution is -2.54. The number of carbonyl (C=O) groups is 1. The van der Waals surface area contributed by atoms with Crippen molar-refractivity contribution in [3.05, 3.63) is 83.1 Å². The Labute approximate surface area is 250 Å². The Morgan fingerprint density at radius 2 is 1.86 bits per heavy atom. The second-order valence-electron chi connectivity index (χ2n) is 12.5. The van der Waals surface area contributed by atoms with E-state index in [0.717, 1.165) is 36.8 Å². The monoisotopic (exact) mass is 588 g/mol. The van der Waals surface area contributed by atoms with Gasteiger partial charge >= 0.3 is 0 Å². The molecular formula is C33H38F2N6O2. The van der Waals surface area contributed by atoms with Crippen molar-refractivity contribution >= 4 is 11.4 Å². The minimum atomic E-state index is -1.19. The van der Waals surface area contributed by atoms with E-state index in [9.17, 15) is 9.90 Å². The quantitative estimate of drug-likeness (QED) is 0.324. The molecule has 2 saturated carbocycles. The Kier molecular flexibility index (Phi) is 7.76. The number of amides is 1. The number of aliphatic hydroxyl groups is 1. The summed E-state index contributed by atoms with van der Waals surface area (Å²) in [5.74, 6) is -0.484. The van der Waals surface area contributed by atoms with E-state index in [1.54, 1.807) is 40.9 Å². The standard InChI is InChI=1S/C33H38F2N6O2/c1-19-12-21(13-28(36)32(19)40(3)20(2)42)25-8-11-37-17-22(25)14-30-38-18-24-6-7-29(39-41(24)30)31-26(34)15-23(16-27(31)35)33(43)9-4-5-10-33/h6-8,11,15-19,21,28,32,43H,4-5,9-10,12-14,36H2,1-3H3/t19-,21+,28+,32-/m0/s1. The maximum atomic E-state index is 15.4. The topological polar surface area (TPSA) is 110 Å². The van der Waals surface area contributed by atoms with E-state index in [4.69, 9.17) is 5.73 Å². The van der Waals surface area contributed by atoms with Gasteiger partial charge in [0.05, 0.1) is 28.6 Å². The molecule has 3 heterocycles. The Morgan fingerprint density at radius 3 is 2.53 bits per heavy atom. The third-order valence-electron chi connectivity index (χ3n) is 9.63. The molecule has 0 aliphatic heterocycles. The van der Waals surface area contributed by atoms with Gasteiger partial charge in [-0.2, -0.15) is 5.10 Å². The molecule has 6 rings (SSSR count). The molecule has 3 N–H and O–H groups in total. The maximum absolute atomic E-state index is 15.4. The fraction of sp³-hybridized carbons (Fsp3) is 0.455. The Hall–Kier alpha value is -3.76. The summed E-state index contributed by atoms with van der Waals surface area (Å²) < 4.78 is 32.4. The summed E-state index contributed by atoms with van der Waals surface area (Å²) in [6.45, 7) is 3.71. The number of fused-ring (bicyclic) bond motifs is 1. The number of halogens is 2. The van der Waals surface area contributed by atoms with E-state index in [0.29, 0.717) is 30.6 Å². The largest absolute Gasteiger partial charge is 0.385 e. The maximum Gasteiger partial charge on any atom is 0.219 e. The van der Waals surface area contributed by atoms with Crippen LogP contribution in [0.3, 0.4) is 0 Å². The van der Waals surface area contributed by atoms with E-state index in [1.807, 2.05) is 19.3 Å². The third-order valence-corrected chi connectivity index (χ3v) is 9.63. The molecule has 226 valence electrons. The molecule has 0 bridgehead atoms. The van der Waals surface area contributed by atoms with E-state index in [1.165, 1.54) is 12.1 Å². The van der Waals surface area contributed by atoms with Crippen LogP contribution in [0.4, 0.5) is 8.78 Å². The number of nitrogens with zero attached hydrogens (tertiary/aromatic N) is 5. The lowest BCUT2D eigenvalue weighted by molar-refractivity contribution is -0.131. The van der Waals surface area contributed by atoms with Crippen molar-refractivity contribution in [2.24, 2.45) is 11.7 Å². The molecule has 10 heteroatoms. The summed E-state index contributed by atoms with van der Waals surface area (Å²) in [5, 5.41) is 15.5. The number of imidazole rings is 1. The van der Waals surface area contributed by atoms with Gasteiger partial charge in [-0.3, -0.25) is 9.78 Å². The van der Waals surface area contributed by atoms with Gasteiger partial charge in [0, 0.05) is 44.9 Å². The van der Waals surface area contributed by atoms with Crippen LogP contribution in [0, 0.1) is 17.6 Å². The van der Waals surface area contributed by atoms with Crippen LogP contribution in [0.25, 0.3) is 16.8 Å². The average molecular weight is 589 g/mol. The first-order chi connectivity index (χ1) is 20.6. The van der Waals surface area contributed by atoms with Gasteiger partial charge in [0.1, 0.15) is 17.5 Å². The molecule has 3 aromatic heterocycles. The average Bonchev–Trinajstić information content (AvgIpc) is 3.59. The zero-order valence-electron chi connectivity index (χ0n) is 24.8. The number of hydrogen-bond donors (Lipinski definition) is 2. The number of likely N-dealkylation sites (N-methyl/N-ethyl adjacent to an activating group) is 1. The molecule has 2 aliphatic carbocycles. The smallest absolute Gasteiger partial charge is 0.219 e. The van der Waals surface area contributed by atoms with Crippen molar-refractivity contribution in [1.82, 2.24) is 24.5 Å². The fourth-order valence-corrected chi connectivity index (χ4v) is 7.38. The van der Waals surface area contributed by atoms with E-state index in [2.05, 4.69) is 22.0 Å². The highest BCUT2D eigenvalue weighted by molar-refractivity contribution is 5.73. The zero-order chi connectivity index (χ0) is 30.5. The molecular weight excluding hydrogens is 550 g/mol. The Bertz CT molecular complexity index is 1630. The van der Waals surface area contributed by atoms with Gasteiger partial charge in [-0.05, 0) is 84.5 Å². The van der Waals surface area contributed by atoms with E-state index >= 15 is 8.78 Å². The van der Waals surface area contributed by atoms with Crippen molar-refractivity contribution < 1.29 is 18.7 Å². The summed E-state index contributed by atoms with van der Waals surface area (Å²) in [6, 6.07) is 7.64.